The predicted molar refractivity (Wildman–Crippen MR) is 77.0 cm³/mol. The minimum Gasteiger partial charge on any atom is -0.461 e. The lowest BCUT2D eigenvalue weighted by Crippen LogP contribution is -2.43. The van der Waals surface area contributed by atoms with Crippen LogP contribution < -0.4 is 5.56 Å². The molecule has 3 rings (SSSR count). The van der Waals surface area contributed by atoms with Gasteiger partial charge in [0.1, 0.15) is 12.1 Å². The Bertz CT molecular complexity index is 623. The molecule has 0 N–H and O–H groups in total. The molecule has 1 aromatic rings. The summed E-state index contributed by atoms with van der Waals surface area (Å²) in [5.74, 6) is -0.144. The first-order valence-corrected chi connectivity index (χ1v) is 7.52. The van der Waals surface area contributed by atoms with E-state index in [0.717, 1.165) is 30.6 Å². The first-order chi connectivity index (χ1) is 9.95. The van der Waals surface area contributed by atoms with Gasteiger partial charge in [0.15, 0.2) is 0 Å². The average molecular weight is 291 g/mol. The van der Waals surface area contributed by atoms with Crippen molar-refractivity contribution in [1.29, 1.82) is 0 Å². The van der Waals surface area contributed by atoms with Crippen molar-refractivity contribution in [3.8, 4) is 0 Å². The fraction of sp³-hybridized carbons (Fsp3) is 0.667. The molecule has 0 bridgehead atoms. The molecule has 2 aliphatic rings. The van der Waals surface area contributed by atoms with E-state index >= 15 is 0 Å². The Kier molecular flexibility index (Phi) is 3.57. The van der Waals surface area contributed by atoms with E-state index in [0.29, 0.717) is 6.54 Å². The van der Waals surface area contributed by atoms with Gasteiger partial charge in [0.25, 0.3) is 5.56 Å². The minimum atomic E-state index is -0.180. The normalized spacial score (nSPS) is 26.0. The maximum Gasteiger partial charge on any atom is 0.323 e. The summed E-state index contributed by atoms with van der Waals surface area (Å²) in [6, 6.07) is 1.55. The molecule has 0 spiro atoms. The molecule has 0 amide bonds. The van der Waals surface area contributed by atoms with Crippen molar-refractivity contribution < 1.29 is 9.53 Å². The first-order valence-electron chi connectivity index (χ1n) is 7.52. The Balaban J connectivity index is 1.85. The topological polar surface area (TPSA) is 64.4 Å². The number of hydrogen-bond donors (Lipinski definition) is 0. The van der Waals surface area contributed by atoms with E-state index < -0.39 is 0 Å². The summed E-state index contributed by atoms with van der Waals surface area (Å²) in [4.78, 5) is 26.0. The summed E-state index contributed by atoms with van der Waals surface area (Å²) in [7, 11) is 0. The molecule has 114 valence electrons. The standard InChI is InChI=1S/C15H21N3O3/c1-9(2)18-14(19)7-11-8-17(5-4-12(11)16-18)13-6-10(3)21-15(13)20/h7,9-10,13H,4-6,8H2,1-3H3. The molecule has 0 aliphatic carbocycles. The number of hydrogen-bond acceptors (Lipinski definition) is 5. The largest absolute Gasteiger partial charge is 0.461 e. The van der Waals surface area contributed by atoms with Crippen LogP contribution in [0.5, 0.6) is 0 Å². The molecule has 2 aliphatic heterocycles. The quantitative estimate of drug-likeness (QED) is 0.757. The molecule has 0 radical (unpaired) electrons. The third kappa shape index (κ3) is 2.60. The van der Waals surface area contributed by atoms with Crippen molar-refractivity contribution in [3.63, 3.8) is 0 Å². The van der Waals surface area contributed by atoms with Crippen LogP contribution in [0.15, 0.2) is 10.9 Å². The van der Waals surface area contributed by atoms with Crippen molar-refractivity contribution in [2.75, 3.05) is 6.54 Å². The molecule has 0 aromatic carbocycles. The van der Waals surface area contributed by atoms with Gasteiger partial charge >= 0.3 is 5.97 Å². The van der Waals surface area contributed by atoms with Crippen LogP contribution in [0, 0.1) is 0 Å². The number of aromatic nitrogens is 2. The molecule has 2 unspecified atom stereocenters. The zero-order valence-electron chi connectivity index (χ0n) is 12.7. The molecule has 3 heterocycles. The molecule has 2 atom stereocenters. The van der Waals surface area contributed by atoms with Crippen molar-refractivity contribution in [2.24, 2.45) is 0 Å². The zero-order chi connectivity index (χ0) is 15.1. The third-order valence-corrected chi connectivity index (χ3v) is 4.21. The summed E-state index contributed by atoms with van der Waals surface area (Å²) in [6.07, 6.45) is 1.47. The van der Waals surface area contributed by atoms with E-state index in [2.05, 4.69) is 10.00 Å². The van der Waals surface area contributed by atoms with E-state index in [-0.39, 0.29) is 29.7 Å². The summed E-state index contributed by atoms with van der Waals surface area (Å²) >= 11 is 0. The van der Waals surface area contributed by atoms with Gasteiger partial charge in [-0.05, 0) is 26.3 Å². The molecular formula is C15H21N3O3. The van der Waals surface area contributed by atoms with Gasteiger partial charge in [-0.1, -0.05) is 0 Å². The van der Waals surface area contributed by atoms with Crippen molar-refractivity contribution in [2.45, 2.75) is 58.3 Å². The van der Waals surface area contributed by atoms with Crippen LogP contribution in [0.4, 0.5) is 0 Å². The van der Waals surface area contributed by atoms with Crippen LogP contribution in [0.2, 0.25) is 0 Å². The lowest BCUT2D eigenvalue weighted by molar-refractivity contribution is -0.145. The molecule has 6 nitrogen and oxygen atoms in total. The van der Waals surface area contributed by atoms with Gasteiger partial charge < -0.3 is 4.74 Å². The van der Waals surface area contributed by atoms with Gasteiger partial charge in [-0.3, -0.25) is 14.5 Å². The number of esters is 1. The van der Waals surface area contributed by atoms with Gasteiger partial charge in [-0.15, -0.1) is 0 Å². The molecular weight excluding hydrogens is 270 g/mol. The highest BCUT2D eigenvalue weighted by Crippen LogP contribution is 2.25. The maximum absolute atomic E-state index is 12.1. The summed E-state index contributed by atoms with van der Waals surface area (Å²) in [6.45, 7) is 7.20. The highest BCUT2D eigenvalue weighted by atomic mass is 16.6. The number of ether oxygens (including phenoxy) is 1. The highest BCUT2D eigenvalue weighted by Gasteiger charge is 2.37. The van der Waals surface area contributed by atoms with Crippen LogP contribution in [-0.4, -0.2) is 39.3 Å². The number of rotatable bonds is 2. The molecule has 6 heteroatoms. The summed E-state index contributed by atoms with van der Waals surface area (Å²) < 4.78 is 6.76. The van der Waals surface area contributed by atoms with E-state index in [1.165, 1.54) is 4.68 Å². The van der Waals surface area contributed by atoms with Gasteiger partial charge in [-0.25, -0.2) is 4.68 Å². The van der Waals surface area contributed by atoms with Gasteiger partial charge in [0.2, 0.25) is 0 Å². The second-order valence-corrected chi connectivity index (χ2v) is 6.21. The maximum atomic E-state index is 12.1. The smallest absolute Gasteiger partial charge is 0.323 e. The molecule has 1 saturated heterocycles. The van der Waals surface area contributed by atoms with Crippen LogP contribution in [0.1, 0.15) is 44.5 Å². The molecule has 0 saturated carbocycles. The van der Waals surface area contributed by atoms with Crippen LogP contribution in [-0.2, 0) is 22.5 Å². The fourth-order valence-corrected chi connectivity index (χ4v) is 3.11. The van der Waals surface area contributed by atoms with Gasteiger partial charge in [0.05, 0.1) is 11.7 Å². The van der Waals surface area contributed by atoms with Crippen molar-refractivity contribution in [3.05, 3.63) is 27.7 Å². The lowest BCUT2D eigenvalue weighted by atomic mass is 10.0. The van der Waals surface area contributed by atoms with E-state index in [1.54, 1.807) is 6.07 Å². The third-order valence-electron chi connectivity index (χ3n) is 4.21. The summed E-state index contributed by atoms with van der Waals surface area (Å²) in [5.41, 5.74) is 1.84. The molecule has 21 heavy (non-hydrogen) atoms. The zero-order valence-corrected chi connectivity index (χ0v) is 12.7. The molecule has 1 fully saturated rings. The predicted octanol–water partition coefficient (Wildman–Crippen LogP) is 0.886. The van der Waals surface area contributed by atoms with E-state index in [4.69, 9.17) is 4.74 Å². The average Bonchev–Trinajstić information content (AvgIpc) is 2.76. The number of cyclic esters (lactones) is 1. The Morgan fingerprint density at radius 3 is 2.76 bits per heavy atom. The Hall–Kier alpha value is -1.69. The molecule has 1 aromatic heterocycles. The van der Waals surface area contributed by atoms with Crippen molar-refractivity contribution >= 4 is 5.97 Å². The van der Waals surface area contributed by atoms with Crippen molar-refractivity contribution in [1.82, 2.24) is 14.7 Å². The van der Waals surface area contributed by atoms with Crippen LogP contribution in [0.25, 0.3) is 0 Å². The number of carbonyl (C=O) groups excluding carboxylic acids is 1. The van der Waals surface area contributed by atoms with Gasteiger partial charge in [-0.2, -0.15) is 5.10 Å². The van der Waals surface area contributed by atoms with Crippen LogP contribution in [0.3, 0.4) is 0 Å². The highest BCUT2D eigenvalue weighted by molar-refractivity contribution is 5.78. The number of fused-ring (bicyclic) bond motifs is 1. The number of nitrogens with zero attached hydrogens (tertiary/aromatic N) is 3. The SMILES string of the molecule is CC1CC(N2CCc3nn(C(C)C)c(=O)cc3C2)C(=O)O1. The van der Waals surface area contributed by atoms with Crippen LogP contribution >= 0.6 is 0 Å². The Morgan fingerprint density at radius 2 is 2.14 bits per heavy atom. The second kappa shape index (κ2) is 5.26. The lowest BCUT2D eigenvalue weighted by Gasteiger charge is -2.31. The van der Waals surface area contributed by atoms with E-state index in [1.807, 2.05) is 20.8 Å². The Morgan fingerprint density at radius 1 is 1.38 bits per heavy atom. The van der Waals surface area contributed by atoms with Gasteiger partial charge in [0, 0.05) is 32.0 Å². The van der Waals surface area contributed by atoms with E-state index in [9.17, 15) is 9.59 Å². The number of carbonyl (C=O) groups is 1. The first kappa shape index (κ1) is 14.3. The second-order valence-electron chi connectivity index (χ2n) is 6.21. The minimum absolute atomic E-state index is 0.0176. The summed E-state index contributed by atoms with van der Waals surface area (Å²) in [5, 5.41) is 4.47. The monoisotopic (exact) mass is 291 g/mol. The fourth-order valence-electron chi connectivity index (χ4n) is 3.11. The Labute approximate surface area is 123 Å².